The molecule has 0 unspecified atom stereocenters. The van der Waals surface area contributed by atoms with Crippen LogP contribution in [0.4, 0.5) is 0 Å². The van der Waals surface area contributed by atoms with Crippen LogP contribution in [0.2, 0.25) is 0 Å². The summed E-state index contributed by atoms with van der Waals surface area (Å²) in [5.41, 5.74) is 1.00. The van der Waals surface area contributed by atoms with Gasteiger partial charge in [-0.25, -0.2) is 17.9 Å². The highest BCUT2D eigenvalue weighted by Gasteiger charge is 2.28. The van der Waals surface area contributed by atoms with E-state index in [1.165, 1.54) is 14.9 Å². The summed E-state index contributed by atoms with van der Waals surface area (Å²) in [6.45, 7) is 8.15. The molecule has 10 nitrogen and oxygen atoms in total. The number of hydrogen-bond acceptors (Lipinski definition) is 7. The van der Waals surface area contributed by atoms with E-state index in [1.54, 1.807) is 26.0 Å². The first-order chi connectivity index (χ1) is 15.2. The number of aromatic amines is 1. The maximum Gasteiger partial charge on any atom is 0.277 e. The first-order valence-electron chi connectivity index (χ1n) is 10.6. The quantitative estimate of drug-likeness (QED) is 0.613. The average Bonchev–Trinajstić information content (AvgIpc) is 2.89. The normalized spacial score (nSPS) is 16.4. The lowest BCUT2D eigenvalue weighted by Crippen LogP contribution is -2.34. The van der Waals surface area contributed by atoms with Crippen molar-refractivity contribution in [1.82, 2.24) is 28.8 Å². The minimum atomic E-state index is -3.72. The van der Waals surface area contributed by atoms with E-state index in [-0.39, 0.29) is 16.3 Å². The summed E-state index contributed by atoms with van der Waals surface area (Å²) in [6, 6.07) is 4.69. The standard InChI is InChI=1S/C21H28N6O4S/c1-5-31-18-8-7-16(32(29,30)26-10-6-9-25(4)11-12-26)13-17(18)20-23-21(28)19-14(2)22-15(3)27(19)24-20/h7-8,13H,5-6,9-12H2,1-4H3,(H,23,24,28). The van der Waals surface area contributed by atoms with Crippen molar-refractivity contribution < 1.29 is 13.2 Å². The van der Waals surface area contributed by atoms with E-state index in [2.05, 4.69) is 20.0 Å². The number of likely N-dealkylation sites (N-methyl/N-ethyl adjacent to an activating group) is 1. The van der Waals surface area contributed by atoms with Gasteiger partial charge in [0.1, 0.15) is 11.6 Å². The molecule has 32 heavy (non-hydrogen) atoms. The summed E-state index contributed by atoms with van der Waals surface area (Å²) >= 11 is 0. The second-order valence-corrected chi connectivity index (χ2v) is 9.90. The smallest absolute Gasteiger partial charge is 0.277 e. The lowest BCUT2D eigenvalue weighted by atomic mass is 10.2. The maximum absolute atomic E-state index is 13.4. The topological polar surface area (TPSA) is 113 Å². The van der Waals surface area contributed by atoms with Crippen LogP contribution in [0.1, 0.15) is 24.9 Å². The number of sulfonamides is 1. The van der Waals surface area contributed by atoms with Crippen molar-refractivity contribution in [2.24, 2.45) is 0 Å². The third-order valence-electron chi connectivity index (χ3n) is 5.66. The lowest BCUT2D eigenvalue weighted by Gasteiger charge is -2.21. The number of fused-ring (bicyclic) bond motifs is 1. The summed E-state index contributed by atoms with van der Waals surface area (Å²) in [5, 5.41) is 4.53. The average molecular weight is 461 g/mol. The van der Waals surface area contributed by atoms with E-state index in [9.17, 15) is 13.2 Å². The van der Waals surface area contributed by atoms with E-state index in [4.69, 9.17) is 4.74 Å². The fraction of sp³-hybridized carbons (Fsp3) is 0.476. The number of nitrogens with zero attached hydrogens (tertiary/aromatic N) is 5. The number of ether oxygens (including phenoxy) is 1. The molecule has 0 radical (unpaired) electrons. The number of aryl methyl sites for hydroxylation is 2. The molecule has 0 saturated carbocycles. The Balaban J connectivity index is 1.84. The fourth-order valence-corrected chi connectivity index (χ4v) is 5.50. The molecule has 3 heterocycles. The molecule has 11 heteroatoms. The predicted molar refractivity (Wildman–Crippen MR) is 121 cm³/mol. The largest absolute Gasteiger partial charge is 0.493 e. The van der Waals surface area contributed by atoms with Crippen LogP contribution >= 0.6 is 0 Å². The van der Waals surface area contributed by atoms with E-state index >= 15 is 0 Å². The minimum absolute atomic E-state index is 0.141. The Bertz CT molecular complexity index is 1310. The van der Waals surface area contributed by atoms with Crippen LogP contribution in [0.15, 0.2) is 27.9 Å². The number of hydrogen-bond donors (Lipinski definition) is 1. The van der Waals surface area contributed by atoms with Gasteiger partial charge in [0, 0.05) is 19.6 Å². The second kappa shape index (κ2) is 8.64. The zero-order chi connectivity index (χ0) is 23.0. The third kappa shape index (κ3) is 4.03. The van der Waals surface area contributed by atoms with Crippen molar-refractivity contribution in [2.75, 3.05) is 39.8 Å². The zero-order valence-corrected chi connectivity index (χ0v) is 19.6. The highest BCUT2D eigenvalue weighted by molar-refractivity contribution is 7.89. The molecule has 1 aliphatic heterocycles. The molecule has 1 saturated heterocycles. The molecule has 2 aromatic heterocycles. The van der Waals surface area contributed by atoms with Crippen molar-refractivity contribution in [1.29, 1.82) is 0 Å². The molecule has 0 atom stereocenters. The molecule has 1 aromatic carbocycles. The van der Waals surface area contributed by atoms with Gasteiger partial charge in [-0.3, -0.25) is 4.79 Å². The van der Waals surface area contributed by atoms with Crippen molar-refractivity contribution in [3.05, 3.63) is 40.1 Å². The van der Waals surface area contributed by atoms with Gasteiger partial charge in [-0.05, 0) is 59.0 Å². The minimum Gasteiger partial charge on any atom is -0.493 e. The number of nitrogens with one attached hydrogen (secondary N) is 1. The molecule has 3 aromatic rings. The molecule has 1 fully saturated rings. The Morgan fingerprint density at radius 2 is 1.94 bits per heavy atom. The van der Waals surface area contributed by atoms with Gasteiger partial charge >= 0.3 is 0 Å². The first-order valence-corrected chi connectivity index (χ1v) is 12.1. The molecular weight excluding hydrogens is 432 g/mol. The summed E-state index contributed by atoms with van der Waals surface area (Å²) in [7, 11) is -1.73. The van der Waals surface area contributed by atoms with Gasteiger partial charge in [0.25, 0.3) is 5.56 Å². The molecular formula is C21H28N6O4S. The number of H-pyrrole nitrogens is 1. The van der Waals surface area contributed by atoms with Crippen molar-refractivity contribution >= 4 is 15.5 Å². The van der Waals surface area contributed by atoms with Gasteiger partial charge in [-0.1, -0.05) is 0 Å². The van der Waals surface area contributed by atoms with Crippen LogP contribution in [0.3, 0.4) is 0 Å². The molecule has 0 spiro atoms. The molecule has 0 bridgehead atoms. The Kier molecular flexibility index (Phi) is 6.06. The van der Waals surface area contributed by atoms with Crippen LogP contribution in [0.5, 0.6) is 5.75 Å². The van der Waals surface area contributed by atoms with Crippen LogP contribution in [0, 0.1) is 13.8 Å². The Morgan fingerprint density at radius 3 is 2.69 bits per heavy atom. The summed E-state index contributed by atoms with van der Waals surface area (Å²) in [4.78, 5) is 22.1. The molecule has 1 N–H and O–H groups in total. The van der Waals surface area contributed by atoms with Gasteiger partial charge in [0.05, 0.1) is 22.8 Å². The third-order valence-corrected chi connectivity index (χ3v) is 7.55. The monoisotopic (exact) mass is 460 g/mol. The van der Waals surface area contributed by atoms with Gasteiger partial charge in [0.15, 0.2) is 11.3 Å². The summed E-state index contributed by atoms with van der Waals surface area (Å²) in [6.07, 6.45) is 0.768. The Morgan fingerprint density at radius 1 is 1.16 bits per heavy atom. The van der Waals surface area contributed by atoms with Crippen LogP contribution in [-0.4, -0.2) is 77.0 Å². The number of benzene rings is 1. The number of imidazole rings is 1. The van der Waals surface area contributed by atoms with Crippen LogP contribution in [0.25, 0.3) is 16.9 Å². The molecule has 1 aliphatic rings. The summed E-state index contributed by atoms with van der Waals surface area (Å²) < 4.78 is 35.5. The first kappa shape index (κ1) is 22.4. The zero-order valence-electron chi connectivity index (χ0n) is 18.8. The highest BCUT2D eigenvalue weighted by Crippen LogP contribution is 2.31. The van der Waals surface area contributed by atoms with E-state index in [1.807, 2.05) is 14.0 Å². The van der Waals surface area contributed by atoms with E-state index < -0.39 is 10.0 Å². The Hall–Kier alpha value is -2.76. The van der Waals surface area contributed by atoms with Crippen molar-refractivity contribution in [2.45, 2.75) is 32.1 Å². The molecule has 172 valence electrons. The fourth-order valence-electron chi connectivity index (χ4n) is 4.00. The molecule has 0 amide bonds. The van der Waals surface area contributed by atoms with Gasteiger partial charge in [0.2, 0.25) is 10.0 Å². The SMILES string of the molecule is CCOc1ccc(S(=O)(=O)N2CCCN(C)CC2)cc1-c1nn2c(C)nc(C)c2c(=O)[nH]1. The highest BCUT2D eigenvalue weighted by atomic mass is 32.2. The predicted octanol–water partition coefficient (Wildman–Crippen LogP) is 1.43. The Labute approximate surface area is 186 Å². The second-order valence-electron chi connectivity index (χ2n) is 7.96. The van der Waals surface area contributed by atoms with Crippen molar-refractivity contribution in [3.63, 3.8) is 0 Å². The maximum atomic E-state index is 13.4. The van der Waals surface area contributed by atoms with Gasteiger partial charge in [-0.15, -0.1) is 5.10 Å². The summed E-state index contributed by atoms with van der Waals surface area (Å²) in [5.74, 6) is 1.23. The van der Waals surface area contributed by atoms with Crippen LogP contribution in [-0.2, 0) is 10.0 Å². The lowest BCUT2D eigenvalue weighted by molar-refractivity contribution is 0.341. The van der Waals surface area contributed by atoms with E-state index in [0.29, 0.717) is 54.6 Å². The molecule has 4 rings (SSSR count). The van der Waals surface area contributed by atoms with Crippen molar-refractivity contribution in [3.8, 4) is 17.1 Å². The number of rotatable bonds is 5. The molecule has 0 aliphatic carbocycles. The number of aromatic nitrogens is 4. The van der Waals surface area contributed by atoms with Gasteiger partial charge in [-0.2, -0.15) is 4.31 Å². The van der Waals surface area contributed by atoms with Crippen LogP contribution < -0.4 is 10.3 Å². The van der Waals surface area contributed by atoms with E-state index in [0.717, 1.165) is 13.0 Å². The van der Waals surface area contributed by atoms with Gasteiger partial charge < -0.3 is 14.6 Å².